The quantitative estimate of drug-likeness (QED) is 0.641. The number of pyridine rings is 1. The highest BCUT2D eigenvalue weighted by Gasteiger charge is 2.21. The van der Waals surface area contributed by atoms with Crippen molar-refractivity contribution in [2.75, 3.05) is 18.0 Å². The van der Waals surface area contributed by atoms with Gasteiger partial charge in [0.1, 0.15) is 12.0 Å². The minimum Gasteiger partial charge on any atom is -0.354 e. The van der Waals surface area contributed by atoms with Crippen molar-refractivity contribution in [3.05, 3.63) is 27.4 Å². The molecule has 17 heavy (non-hydrogen) atoms. The van der Waals surface area contributed by atoms with E-state index in [9.17, 15) is 10.1 Å². The van der Waals surface area contributed by atoms with Crippen LogP contribution < -0.4 is 10.6 Å². The molecular formula is C10H13ClN4O2. The molecule has 92 valence electrons. The first kappa shape index (κ1) is 12.1. The molecular weight excluding hydrogens is 244 g/mol. The molecule has 0 aromatic carbocycles. The average Bonchev–Trinajstić information content (AvgIpc) is 2.28. The summed E-state index contributed by atoms with van der Waals surface area (Å²) in [5, 5.41) is 10.9. The van der Waals surface area contributed by atoms with E-state index in [2.05, 4.69) is 4.98 Å². The second-order valence-corrected chi connectivity index (χ2v) is 4.51. The van der Waals surface area contributed by atoms with Gasteiger partial charge in [-0.15, -0.1) is 0 Å². The molecule has 1 aliphatic rings. The zero-order valence-corrected chi connectivity index (χ0v) is 9.93. The molecule has 1 aromatic rings. The minimum absolute atomic E-state index is 0.0972. The van der Waals surface area contributed by atoms with Crippen LogP contribution in [0.4, 0.5) is 11.5 Å². The van der Waals surface area contributed by atoms with Gasteiger partial charge >= 0.3 is 0 Å². The van der Waals surface area contributed by atoms with Gasteiger partial charge in [-0.2, -0.15) is 0 Å². The maximum atomic E-state index is 10.6. The van der Waals surface area contributed by atoms with Crippen LogP contribution in [-0.4, -0.2) is 29.0 Å². The fraction of sp³-hybridized carbons (Fsp3) is 0.500. The van der Waals surface area contributed by atoms with Gasteiger partial charge < -0.3 is 10.6 Å². The summed E-state index contributed by atoms with van der Waals surface area (Å²) in [6.07, 6.45) is 3.19. The summed E-state index contributed by atoms with van der Waals surface area (Å²) in [7, 11) is 0. The molecule has 1 unspecified atom stereocenters. The van der Waals surface area contributed by atoms with Crippen LogP contribution in [0.15, 0.2) is 12.3 Å². The zero-order chi connectivity index (χ0) is 12.4. The van der Waals surface area contributed by atoms with Gasteiger partial charge in [0, 0.05) is 25.2 Å². The van der Waals surface area contributed by atoms with Gasteiger partial charge in [-0.3, -0.25) is 10.1 Å². The van der Waals surface area contributed by atoms with Crippen LogP contribution in [-0.2, 0) is 0 Å². The number of hydrogen-bond acceptors (Lipinski definition) is 5. The highest BCUT2D eigenvalue weighted by Crippen LogP contribution is 2.28. The summed E-state index contributed by atoms with van der Waals surface area (Å²) >= 11 is 6.01. The lowest BCUT2D eigenvalue weighted by Crippen LogP contribution is -2.43. The number of piperidine rings is 1. The summed E-state index contributed by atoms with van der Waals surface area (Å²) in [5.74, 6) is 0.576. The highest BCUT2D eigenvalue weighted by molar-refractivity contribution is 6.33. The SMILES string of the molecule is NC1CCCN(c2ncc([N+](=O)[O-])cc2Cl)C1. The summed E-state index contributed by atoms with van der Waals surface area (Å²) in [4.78, 5) is 16.1. The van der Waals surface area contributed by atoms with Gasteiger partial charge in [-0.1, -0.05) is 11.6 Å². The van der Waals surface area contributed by atoms with Crippen molar-refractivity contribution in [1.82, 2.24) is 4.98 Å². The first-order valence-electron chi connectivity index (χ1n) is 5.38. The Balaban J connectivity index is 2.23. The van der Waals surface area contributed by atoms with Crippen LogP contribution in [0, 0.1) is 10.1 Å². The van der Waals surface area contributed by atoms with Crippen LogP contribution in [0.3, 0.4) is 0 Å². The number of halogens is 1. The molecule has 2 heterocycles. The van der Waals surface area contributed by atoms with Crippen molar-refractivity contribution in [1.29, 1.82) is 0 Å². The molecule has 0 spiro atoms. The Morgan fingerprint density at radius 2 is 2.41 bits per heavy atom. The van der Waals surface area contributed by atoms with Crippen LogP contribution in [0.1, 0.15) is 12.8 Å². The highest BCUT2D eigenvalue weighted by atomic mass is 35.5. The maximum Gasteiger partial charge on any atom is 0.289 e. The smallest absolute Gasteiger partial charge is 0.289 e. The third kappa shape index (κ3) is 2.65. The summed E-state index contributed by atoms with van der Waals surface area (Å²) in [6, 6.07) is 1.43. The summed E-state index contributed by atoms with van der Waals surface area (Å²) in [6.45, 7) is 1.52. The molecule has 0 amide bonds. The van der Waals surface area contributed by atoms with Crippen molar-refractivity contribution in [3.63, 3.8) is 0 Å². The van der Waals surface area contributed by atoms with Gasteiger partial charge in [0.05, 0.1) is 9.95 Å². The summed E-state index contributed by atoms with van der Waals surface area (Å²) in [5.41, 5.74) is 5.77. The molecule has 1 saturated heterocycles. The first-order chi connectivity index (χ1) is 8.08. The Bertz CT molecular complexity index is 440. The van der Waals surface area contributed by atoms with Gasteiger partial charge in [0.15, 0.2) is 0 Å². The molecule has 1 aliphatic heterocycles. The first-order valence-corrected chi connectivity index (χ1v) is 5.76. The van der Waals surface area contributed by atoms with E-state index >= 15 is 0 Å². The van der Waals surface area contributed by atoms with Crippen molar-refractivity contribution in [3.8, 4) is 0 Å². The predicted molar refractivity (Wildman–Crippen MR) is 65.3 cm³/mol. The van der Waals surface area contributed by atoms with Gasteiger partial charge in [-0.25, -0.2) is 4.98 Å². The Kier molecular flexibility index (Phi) is 3.44. The summed E-state index contributed by atoms with van der Waals surface area (Å²) < 4.78 is 0. The normalized spacial score (nSPS) is 20.4. The number of nitrogens with zero attached hydrogens (tertiary/aromatic N) is 3. The number of nitrogens with two attached hydrogens (primary N) is 1. The molecule has 6 nitrogen and oxygen atoms in total. The second-order valence-electron chi connectivity index (χ2n) is 4.10. The van der Waals surface area contributed by atoms with E-state index in [1.807, 2.05) is 4.90 Å². The van der Waals surface area contributed by atoms with Crippen LogP contribution in [0.2, 0.25) is 5.02 Å². The van der Waals surface area contributed by atoms with Crippen molar-refractivity contribution < 1.29 is 4.92 Å². The molecule has 7 heteroatoms. The lowest BCUT2D eigenvalue weighted by atomic mass is 10.1. The van der Waals surface area contributed by atoms with E-state index in [0.717, 1.165) is 19.4 Å². The monoisotopic (exact) mass is 256 g/mol. The zero-order valence-electron chi connectivity index (χ0n) is 9.17. The fourth-order valence-electron chi connectivity index (χ4n) is 1.96. The molecule has 0 bridgehead atoms. The van der Waals surface area contributed by atoms with E-state index in [-0.39, 0.29) is 11.7 Å². The van der Waals surface area contributed by atoms with Gasteiger partial charge in [0.25, 0.3) is 5.69 Å². The Hall–Kier alpha value is -1.40. The third-order valence-electron chi connectivity index (χ3n) is 2.78. The maximum absolute atomic E-state index is 10.6. The van der Waals surface area contributed by atoms with E-state index in [0.29, 0.717) is 17.4 Å². The molecule has 0 aliphatic carbocycles. The van der Waals surface area contributed by atoms with Gasteiger partial charge in [-0.05, 0) is 12.8 Å². The lowest BCUT2D eigenvalue weighted by molar-refractivity contribution is -0.385. The largest absolute Gasteiger partial charge is 0.354 e. The van der Waals surface area contributed by atoms with E-state index in [4.69, 9.17) is 17.3 Å². The van der Waals surface area contributed by atoms with Crippen molar-refractivity contribution in [2.45, 2.75) is 18.9 Å². The number of aromatic nitrogens is 1. The Labute approximate surface area is 104 Å². The molecule has 1 fully saturated rings. The topological polar surface area (TPSA) is 85.3 Å². The van der Waals surface area contributed by atoms with Crippen molar-refractivity contribution in [2.24, 2.45) is 5.73 Å². The minimum atomic E-state index is -0.509. The average molecular weight is 257 g/mol. The molecule has 0 radical (unpaired) electrons. The van der Waals surface area contributed by atoms with E-state index in [1.165, 1.54) is 12.3 Å². The van der Waals surface area contributed by atoms with Gasteiger partial charge in [0.2, 0.25) is 0 Å². The molecule has 1 aromatic heterocycles. The van der Waals surface area contributed by atoms with Crippen LogP contribution in [0.25, 0.3) is 0 Å². The number of nitro groups is 1. The lowest BCUT2D eigenvalue weighted by Gasteiger charge is -2.31. The van der Waals surface area contributed by atoms with Crippen molar-refractivity contribution >= 4 is 23.1 Å². The van der Waals surface area contributed by atoms with Crippen LogP contribution in [0.5, 0.6) is 0 Å². The number of rotatable bonds is 2. The molecule has 0 saturated carbocycles. The Morgan fingerprint density at radius 1 is 1.65 bits per heavy atom. The predicted octanol–water partition coefficient (Wildman–Crippen LogP) is 1.57. The molecule has 2 rings (SSSR count). The molecule has 1 atom stereocenters. The second kappa shape index (κ2) is 4.85. The Morgan fingerprint density at radius 3 is 3.00 bits per heavy atom. The number of anilines is 1. The fourth-order valence-corrected chi connectivity index (χ4v) is 2.24. The molecule has 2 N–H and O–H groups in total. The van der Waals surface area contributed by atoms with E-state index < -0.39 is 4.92 Å². The standard InChI is InChI=1S/C10H13ClN4O2/c11-9-4-8(15(16)17)5-13-10(9)14-3-1-2-7(12)6-14/h4-5,7H,1-3,6,12H2. The van der Waals surface area contributed by atoms with E-state index in [1.54, 1.807) is 0 Å². The number of hydrogen-bond donors (Lipinski definition) is 1. The van der Waals surface area contributed by atoms with Crippen LogP contribution >= 0.6 is 11.6 Å². The third-order valence-corrected chi connectivity index (χ3v) is 3.05.